The molecule has 0 bridgehead atoms. The molecular weight excluding hydrogens is 384 g/mol. The molecule has 1 amide bonds. The first-order chi connectivity index (χ1) is 14.5. The average molecular weight is 429 g/mol. The largest absolute Gasteiger partial charge is 0.481 e. The van der Waals surface area contributed by atoms with Crippen molar-refractivity contribution in [2.45, 2.75) is 116 Å². The van der Waals surface area contributed by atoms with E-state index in [1.807, 2.05) is 0 Å². The quantitative estimate of drug-likeness (QED) is 0.189. The standard InChI is InChI=1S/C23H44N2O5/c1-2-3-4-5-6-7-8-9-10-11-12-13-14-15-18-24-19-21(26)25-20(23(29)30)16-17-22(27)28/h20,24H,2-19H2,1H3,(H,25,26)(H,27,28)(H,29,30). The SMILES string of the molecule is CCCCCCCCCCCCCCCCNCC(=O)NC(CCC(=O)O)C(=O)O. The summed E-state index contributed by atoms with van der Waals surface area (Å²) in [4.78, 5) is 33.3. The molecule has 0 aliphatic carbocycles. The minimum Gasteiger partial charge on any atom is -0.481 e. The second-order valence-electron chi connectivity index (χ2n) is 8.16. The van der Waals surface area contributed by atoms with E-state index in [4.69, 9.17) is 10.2 Å². The van der Waals surface area contributed by atoms with E-state index in [9.17, 15) is 14.4 Å². The first-order valence-electron chi connectivity index (χ1n) is 11.9. The fourth-order valence-corrected chi connectivity index (χ4v) is 3.42. The topological polar surface area (TPSA) is 116 Å². The Bertz CT molecular complexity index is 457. The number of unbranched alkanes of at least 4 members (excludes halogenated alkanes) is 13. The molecule has 0 aliphatic heterocycles. The van der Waals surface area contributed by atoms with Crippen molar-refractivity contribution >= 4 is 17.8 Å². The van der Waals surface area contributed by atoms with E-state index < -0.39 is 23.9 Å². The number of carbonyl (C=O) groups is 3. The van der Waals surface area contributed by atoms with Gasteiger partial charge in [-0.25, -0.2) is 4.79 Å². The van der Waals surface area contributed by atoms with E-state index in [0.29, 0.717) is 0 Å². The van der Waals surface area contributed by atoms with Gasteiger partial charge in [-0.3, -0.25) is 9.59 Å². The highest BCUT2D eigenvalue weighted by Gasteiger charge is 2.20. The summed E-state index contributed by atoms with van der Waals surface area (Å²) in [6.45, 7) is 3.02. The van der Waals surface area contributed by atoms with Gasteiger partial charge in [0.05, 0.1) is 6.54 Å². The molecule has 1 atom stereocenters. The number of amides is 1. The minimum atomic E-state index is -1.21. The maximum Gasteiger partial charge on any atom is 0.326 e. The summed E-state index contributed by atoms with van der Waals surface area (Å²) in [5.41, 5.74) is 0. The normalized spacial score (nSPS) is 11.9. The van der Waals surface area contributed by atoms with Crippen molar-refractivity contribution in [1.82, 2.24) is 10.6 Å². The van der Waals surface area contributed by atoms with Gasteiger partial charge in [0, 0.05) is 6.42 Å². The van der Waals surface area contributed by atoms with E-state index in [0.717, 1.165) is 19.4 Å². The van der Waals surface area contributed by atoms with Crippen LogP contribution in [-0.2, 0) is 14.4 Å². The molecule has 176 valence electrons. The maximum atomic E-state index is 11.8. The fraction of sp³-hybridized carbons (Fsp3) is 0.870. The molecule has 0 heterocycles. The summed E-state index contributed by atoms with van der Waals surface area (Å²) >= 11 is 0. The van der Waals surface area contributed by atoms with E-state index in [2.05, 4.69) is 17.6 Å². The Labute approximate surface area is 182 Å². The summed E-state index contributed by atoms with van der Waals surface area (Å²) in [6.07, 6.45) is 17.8. The third kappa shape index (κ3) is 19.7. The Morgan fingerprint density at radius 1 is 0.733 bits per heavy atom. The number of hydrogen-bond acceptors (Lipinski definition) is 4. The number of nitrogens with one attached hydrogen (secondary N) is 2. The second-order valence-corrected chi connectivity index (χ2v) is 8.16. The molecule has 0 radical (unpaired) electrons. The molecule has 30 heavy (non-hydrogen) atoms. The van der Waals surface area contributed by atoms with Gasteiger partial charge in [-0.1, -0.05) is 90.4 Å². The first kappa shape index (κ1) is 28.4. The van der Waals surface area contributed by atoms with Crippen LogP contribution in [0.3, 0.4) is 0 Å². The van der Waals surface area contributed by atoms with Gasteiger partial charge in [0.1, 0.15) is 6.04 Å². The minimum absolute atomic E-state index is 0.0509. The van der Waals surface area contributed by atoms with Crippen molar-refractivity contribution < 1.29 is 24.6 Å². The van der Waals surface area contributed by atoms with Crippen LogP contribution in [0.5, 0.6) is 0 Å². The number of carbonyl (C=O) groups excluding carboxylic acids is 1. The summed E-state index contributed by atoms with van der Waals surface area (Å²) in [7, 11) is 0. The Kier molecular flexibility index (Phi) is 19.5. The number of rotatable bonds is 22. The smallest absolute Gasteiger partial charge is 0.326 e. The highest BCUT2D eigenvalue weighted by Crippen LogP contribution is 2.12. The Morgan fingerprint density at radius 3 is 1.63 bits per heavy atom. The Hall–Kier alpha value is -1.63. The molecule has 0 saturated carbocycles. The summed E-state index contributed by atoms with van der Waals surface area (Å²) in [5.74, 6) is -2.71. The van der Waals surface area contributed by atoms with E-state index in [1.54, 1.807) is 0 Å². The molecule has 0 aromatic carbocycles. The van der Waals surface area contributed by atoms with E-state index in [-0.39, 0.29) is 19.4 Å². The van der Waals surface area contributed by atoms with Crippen LogP contribution in [0.15, 0.2) is 0 Å². The molecule has 0 spiro atoms. The van der Waals surface area contributed by atoms with Crippen molar-refractivity contribution in [2.24, 2.45) is 0 Å². The zero-order valence-electron chi connectivity index (χ0n) is 18.9. The highest BCUT2D eigenvalue weighted by atomic mass is 16.4. The first-order valence-corrected chi connectivity index (χ1v) is 11.9. The molecule has 4 N–H and O–H groups in total. The monoisotopic (exact) mass is 428 g/mol. The van der Waals surface area contributed by atoms with Crippen molar-refractivity contribution in [3.05, 3.63) is 0 Å². The average Bonchev–Trinajstić information content (AvgIpc) is 2.70. The molecule has 7 nitrogen and oxygen atoms in total. The molecular formula is C23H44N2O5. The molecule has 0 aromatic heterocycles. The molecule has 0 saturated heterocycles. The van der Waals surface area contributed by atoms with Gasteiger partial charge >= 0.3 is 11.9 Å². The Morgan fingerprint density at radius 2 is 1.20 bits per heavy atom. The predicted octanol–water partition coefficient (Wildman–Crippen LogP) is 4.49. The van der Waals surface area contributed by atoms with Crippen molar-refractivity contribution in [2.75, 3.05) is 13.1 Å². The Balaban J connectivity index is 3.43. The number of aliphatic carboxylic acids is 2. The summed E-state index contributed by atoms with van der Waals surface area (Å²) < 4.78 is 0. The molecule has 0 aromatic rings. The van der Waals surface area contributed by atoms with Gasteiger partial charge in [-0.15, -0.1) is 0 Å². The molecule has 0 aliphatic rings. The van der Waals surface area contributed by atoms with Gasteiger partial charge < -0.3 is 20.8 Å². The van der Waals surface area contributed by atoms with Gasteiger partial charge in [0.15, 0.2) is 0 Å². The second kappa shape index (κ2) is 20.6. The van der Waals surface area contributed by atoms with Crippen LogP contribution < -0.4 is 10.6 Å². The van der Waals surface area contributed by atoms with E-state index in [1.165, 1.54) is 77.0 Å². The van der Waals surface area contributed by atoms with E-state index >= 15 is 0 Å². The summed E-state index contributed by atoms with van der Waals surface area (Å²) in [5, 5.41) is 23.0. The van der Waals surface area contributed by atoms with Crippen LogP contribution in [0.2, 0.25) is 0 Å². The zero-order chi connectivity index (χ0) is 22.5. The van der Waals surface area contributed by atoms with Crippen LogP contribution in [0.25, 0.3) is 0 Å². The molecule has 7 heteroatoms. The zero-order valence-corrected chi connectivity index (χ0v) is 18.9. The van der Waals surface area contributed by atoms with Crippen molar-refractivity contribution in [3.8, 4) is 0 Å². The van der Waals surface area contributed by atoms with Crippen LogP contribution >= 0.6 is 0 Å². The van der Waals surface area contributed by atoms with Crippen LogP contribution in [-0.4, -0.2) is 47.2 Å². The molecule has 0 rings (SSSR count). The highest BCUT2D eigenvalue weighted by molar-refractivity contribution is 5.85. The predicted molar refractivity (Wildman–Crippen MR) is 120 cm³/mol. The lowest BCUT2D eigenvalue weighted by Gasteiger charge is -2.13. The van der Waals surface area contributed by atoms with Gasteiger partial charge in [0.25, 0.3) is 0 Å². The lowest BCUT2D eigenvalue weighted by Crippen LogP contribution is -2.44. The number of carboxylic acids is 2. The van der Waals surface area contributed by atoms with Crippen LogP contribution in [0, 0.1) is 0 Å². The summed E-state index contributed by atoms with van der Waals surface area (Å²) in [6, 6.07) is -1.16. The van der Waals surface area contributed by atoms with Crippen LogP contribution in [0.1, 0.15) is 110 Å². The molecule has 0 fully saturated rings. The third-order valence-electron chi connectivity index (χ3n) is 5.27. The lowest BCUT2D eigenvalue weighted by molar-refractivity contribution is -0.142. The fourth-order valence-electron chi connectivity index (χ4n) is 3.42. The number of carboxylic acid groups (broad SMARTS) is 2. The van der Waals surface area contributed by atoms with Crippen LogP contribution in [0.4, 0.5) is 0 Å². The van der Waals surface area contributed by atoms with Crippen molar-refractivity contribution in [1.29, 1.82) is 0 Å². The third-order valence-corrected chi connectivity index (χ3v) is 5.27. The molecule has 1 unspecified atom stereocenters. The van der Waals surface area contributed by atoms with Crippen molar-refractivity contribution in [3.63, 3.8) is 0 Å². The van der Waals surface area contributed by atoms with Gasteiger partial charge in [0.2, 0.25) is 5.91 Å². The lowest BCUT2D eigenvalue weighted by atomic mass is 10.0. The number of hydrogen-bond donors (Lipinski definition) is 4. The maximum absolute atomic E-state index is 11.8. The van der Waals surface area contributed by atoms with Gasteiger partial charge in [-0.2, -0.15) is 0 Å². The van der Waals surface area contributed by atoms with Gasteiger partial charge in [-0.05, 0) is 19.4 Å².